The van der Waals surface area contributed by atoms with Gasteiger partial charge in [-0.05, 0) is 48.6 Å². The SMILES string of the molecule is Cc1cccc(C(NCCN)c2nnnn2C(C)(C)CC(C)(C)C)c1. The van der Waals surface area contributed by atoms with Crippen molar-refractivity contribution in [1.82, 2.24) is 25.5 Å². The van der Waals surface area contributed by atoms with E-state index in [0.717, 1.165) is 17.8 Å². The van der Waals surface area contributed by atoms with Crippen molar-refractivity contribution >= 4 is 0 Å². The van der Waals surface area contributed by atoms with Crippen molar-refractivity contribution in [1.29, 1.82) is 0 Å². The van der Waals surface area contributed by atoms with Crippen LogP contribution in [0.1, 0.15) is 64.0 Å². The van der Waals surface area contributed by atoms with Crippen molar-refractivity contribution in [2.24, 2.45) is 11.1 Å². The zero-order valence-corrected chi connectivity index (χ0v) is 16.4. The molecule has 2 aromatic rings. The van der Waals surface area contributed by atoms with E-state index in [-0.39, 0.29) is 17.0 Å². The van der Waals surface area contributed by atoms with E-state index in [1.54, 1.807) is 0 Å². The van der Waals surface area contributed by atoms with Gasteiger partial charge in [-0.25, -0.2) is 4.68 Å². The summed E-state index contributed by atoms with van der Waals surface area (Å²) in [6.45, 7) is 14.5. The molecule has 25 heavy (non-hydrogen) atoms. The van der Waals surface area contributed by atoms with Gasteiger partial charge in [0, 0.05) is 13.1 Å². The van der Waals surface area contributed by atoms with Crippen LogP contribution in [0.2, 0.25) is 0 Å². The number of benzene rings is 1. The van der Waals surface area contributed by atoms with E-state index in [4.69, 9.17) is 5.73 Å². The highest BCUT2D eigenvalue weighted by molar-refractivity contribution is 5.29. The zero-order chi connectivity index (χ0) is 18.7. The van der Waals surface area contributed by atoms with Crippen molar-refractivity contribution in [3.8, 4) is 0 Å². The Morgan fingerprint density at radius 1 is 1.20 bits per heavy atom. The van der Waals surface area contributed by atoms with Gasteiger partial charge in [-0.2, -0.15) is 0 Å². The molecule has 1 atom stereocenters. The summed E-state index contributed by atoms with van der Waals surface area (Å²) in [7, 11) is 0. The fourth-order valence-corrected chi connectivity index (χ4v) is 3.61. The Kier molecular flexibility index (Phi) is 5.95. The van der Waals surface area contributed by atoms with E-state index in [0.29, 0.717) is 13.1 Å². The molecule has 1 aromatic carbocycles. The van der Waals surface area contributed by atoms with Gasteiger partial charge in [0.25, 0.3) is 0 Å². The number of hydrogen-bond acceptors (Lipinski definition) is 5. The first-order chi connectivity index (χ1) is 11.6. The fourth-order valence-electron chi connectivity index (χ4n) is 3.61. The smallest absolute Gasteiger partial charge is 0.173 e. The highest BCUT2D eigenvalue weighted by Gasteiger charge is 2.33. The van der Waals surface area contributed by atoms with Gasteiger partial charge in [-0.3, -0.25) is 0 Å². The highest BCUT2D eigenvalue weighted by atomic mass is 15.6. The van der Waals surface area contributed by atoms with Gasteiger partial charge in [-0.1, -0.05) is 50.6 Å². The molecule has 6 heteroatoms. The minimum Gasteiger partial charge on any atom is -0.329 e. The zero-order valence-electron chi connectivity index (χ0n) is 16.4. The molecule has 0 bridgehead atoms. The monoisotopic (exact) mass is 344 g/mol. The third-order valence-corrected chi connectivity index (χ3v) is 4.16. The molecule has 0 radical (unpaired) electrons. The lowest BCUT2D eigenvalue weighted by molar-refractivity contribution is 0.188. The van der Waals surface area contributed by atoms with Crippen LogP contribution in [0, 0.1) is 12.3 Å². The van der Waals surface area contributed by atoms with Gasteiger partial charge < -0.3 is 11.1 Å². The molecule has 2 rings (SSSR count). The molecule has 0 saturated heterocycles. The molecule has 1 heterocycles. The number of aromatic nitrogens is 4. The average molecular weight is 345 g/mol. The Morgan fingerprint density at radius 3 is 2.52 bits per heavy atom. The Morgan fingerprint density at radius 2 is 1.92 bits per heavy atom. The second-order valence-corrected chi connectivity index (χ2v) is 8.59. The van der Waals surface area contributed by atoms with Crippen LogP contribution in [0.4, 0.5) is 0 Å². The number of nitrogens with zero attached hydrogens (tertiary/aromatic N) is 4. The Labute approximate surface area is 151 Å². The van der Waals surface area contributed by atoms with Crippen molar-refractivity contribution in [3.05, 3.63) is 41.2 Å². The lowest BCUT2D eigenvalue weighted by atomic mass is 9.81. The van der Waals surface area contributed by atoms with Crippen LogP contribution in [0.5, 0.6) is 0 Å². The maximum atomic E-state index is 5.72. The average Bonchev–Trinajstić information content (AvgIpc) is 2.95. The van der Waals surface area contributed by atoms with Crippen LogP contribution in [0.3, 0.4) is 0 Å². The maximum Gasteiger partial charge on any atom is 0.173 e. The van der Waals surface area contributed by atoms with E-state index in [1.807, 2.05) is 4.68 Å². The topological polar surface area (TPSA) is 81.7 Å². The van der Waals surface area contributed by atoms with Crippen molar-refractivity contribution in [2.45, 2.75) is 59.5 Å². The van der Waals surface area contributed by atoms with Crippen molar-refractivity contribution in [2.75, 3.05) is 13.1 Å². The quantitative estimate of drug-likeness (QED) is 0.807. The molecule has 0 saturated carbocycles. The van der Waals surface area contributed by atoms with E-state index in [1.165, 1.54) is 5.56 Å². The second kappa shape index (κ2) is 7.62. The van der Waals surface area contributed by atoms with Crippen LogP contribution in [-0.4, -0.2) is 33.3 Å². The number of nitrogens with one attached hydrogen (secondary N) is 1. The van der Waals surface area contributed by atoms with Gasteiger partial charge in [0.05, 0.1) is 11.6 Å². The van der Waals surface area contributed by atoms with E-state index in [2.05, 4.69) is 86.7 Å². The summed E-state index contributed by atoms with van der Waals surface area (Å²) >= 11 is 0. The summed E-state index contributed by atoms with van der Waals surface area (Å²) in [4.78, 5) is 0. The highest BCUT2D eigenvalue weighted by Crippen LogP contribution is 2.33. The number of tetrazole rings is 1. The van der Waals surface area contributed by atoms with E-state index >= 15 is 0 Å². The van der Waals surface area contributed by atoms with E-state index < -0.39 is 0 Å². The third kappa shape index (κ3) is 5.09. The molecule has 0 aliphatic rings. The molecule has 6 nitrogen and oxygen atoms in total. The minimum atomic E-state index is -0.191. The van der Waals surface area contributed by atoms with Crippen molar-refractivity contribution < 1.29 is 0 Å². The first kappa shape index (κ1) is 19.5. The lowest BCUT2D eigenvalue weighted by Crippen LogP contribution is -2.37. The molecule has 1 unspecified atom stereocenters. The molecular formula is C19H32N6. The molecule has 3 N–H and O–H groups in total. The largest absolute Gasteiger partial charge is 0.329 e. The van der Waals surface area contributed by atoms with Gasteiger partial charge in [0.1, 0.15) is 0 Å². The number of aryl methyl sites for hydroxylation is 1. The Bertz CT molecular complexity index is 683. The van der Waals surface area contributed by atoms with Crippen LogP contribution in [-0.2, 0) is 5.54 Å². The number of hydrogen-bond donors (Lipinski definition) is 2. The Hall–Kier alpha value is -1.79. The Balaban J connectivity index is 2.44. The molecule has 0 amide bonds. The normalized spacial score (nSPS) is 13.9. The summed E-state index contributed by atoms with van der Waals surface area (Å²) in [5, 5.41) is 16.2. The summed E-state index contributed by atoms with van der Waals surface area (Å²) in [5.74, 6) is 0.827. The van der Waals surface area contributed by atoms with Gasteiger partial charge in [0.15, 0.2) is 5.82 Å². The standard InChI is InChI=1S/C19H32N6/c1-14-8-7-9-15(12-14)16(21-11-10-20)17-22-23-24-25(17)19(5,6)13-18(2,3)4/h7-9,12,16,21H,10-11,13,20H2,1-6H3. The van der Waals surface area contributed by atoms with Crippen molar-refractivity contribution in [3.63, 3.8) is 0 Å². The molecular weight excluding hydrogens is 312 g/mol. The predicted molar refractivity (Wildman–Crippen MR) is 101 cm³/mol. The first-order valence-corrected chi connectivity index (χ1v) is 8.93. The summed E-state index contributed by atoms with van der Waals surface area (Å²) in [5.41, 5.74) is 8.07. The third-order valence-electron chi connectivity index (χ3n) is 4.16. The molecule has 1 aromatic heterocycles. The lowest BCUT2D eigenvalue weighted by Gasteiger charge is -2.34. The van der Waals surface area contributed by atoms with Crippen LogP contribution in [0.25, 0.3) is 0 Å². The number of rotatable bonds is 7. The summed E-state index contributed by atoms with van der Waals surface area (Å²) in [6, 6.07) is 8.35. The van der Waals surface area contributed by atoms with Gasteiger partial charge in [-0.15, -0.1) is 5.10 Å². The van der Waals surface area contributed by atoms with Crippen LogP contribution < -0.4 is 11.1 Å². The molecule has 138 valence electrons. The second-order valence-electron chi connectivity index (χ2n) is 8.59. The summed E-state index contributed by atoms with van der Waals surface area (Å²) in [6.07, 6.45) is 0.968. The molecule has 0 fully saturated rings. The summed E-state index contributed by atoms with van der Waals surface area (Å²) < 4.78 is 1.97. The fraction of sp³-hybridized carbons (Fsp3) is 0.632. The maximum absolute atomic E-state index is 5.72. The van der Waals surface area contributed by atoms with Crippen LogP contribution >= 0.6 is 0 Å². The molecule has 0 spiro atoms. The van der Waals surface area contributed by atoms with Gasteiger partial charge >= 0.3 is 0 Å². The molecule has 0 aliphatic carbocycles. The van der Waals surface area contributed by atoms with Gasteiger partial charge in [0.2, 0.25) is 0 Å². The molecule has 0 aliphatic heterocycles. The van der Waals surface area contributed by atoms with Crippen LogP contribution in [0.15, 0.2) is 24.3 Å². The minimum absolute atomic E-state index is 0.0855. The first-order valence-electron chi connectivity index (χ1n) is 8.93. The number of nitrogens with two attached hydrogens (primary N) is 1. The predicted octanol–water partition coefficient (Wildman–Crippen LogP) is 2.79. The van der Waals surface area contributed by atoms with E-state index in [9.17, 15) is 0 Å².